The lowest BCUT2D eigenvalue weighted by Gasteiger charge is -2.05. The molecule has 0 bridgehead atoms. The Morgan fingerprint density at radius 3 is 2.72 bits per heavy atom. The molecule has 1 fully saturated rings. The molecule has 1 atom stereocenters. The van der Waals surface area contributed by atoms with Crippen molar-refractivity contribution in [3.05, 3.63) is 65.2 Å². The third-order valence-corrected chi connectivity index (χ3v) is 4.91. The van der Waals surface area contributed by atoms with Gasteiger partial charge in [0.15, 0.2) is 5.17 Å². The van der Waals surface area contributed by atoms with Crippen LogP contribution in [0.25, 0.3) is 0 Å². The van der Waals surface area contributed by atoms with Gasteiger partial charge >= 0.3 is 5.97 Å². The first-order chi connectivity index (χ1) is 13.9. The van der Waals surface area contributed by atoms with Gasteiger partial charge in [-0.1, -0.05) is 41.6 Å². The monoisotopic (exact) mass is 410 g/mol. The average molecular weight is 410 g/mol. The van der Waals surface area contributed by atoms with Crippen LogP contribution in [0.1, 0.15) is 27.9 Å². The van der Waals surface area contributed by atoms with Crippen LogP contribution < -0.4 is 15.2 Å². The Morgan fingerprint density at radius 1 is 1.24 bits per heavy atom. The van der Waals surface area contributed by atoms with Crippen molar-refractivity contribution >= 4 is 41.0 Å². The molecule has 1 heterocycles. The third-order valence-electron chi connectivity index (χ3n) is 3.84. The molecule has 2 aromatic carbocycles. The molecule has 1 aliphatic rings. The topological polar surface area (TPSA) is 120 Å². The second-order valence-corrected chi connectivity index (χ2v) is 7.34. The van der Waals surface area contributed by atoms with Gasteiger partial charge in [-0.2, -0.15) is 5.10 Å². The van der Waals surface area contributed by atoms with Crippen molar-refractivity contribution in [1.29, 1.82) is 0 Å². The minimum Gasteiger partial charge on any atom is -0.550 e. The zero-order valence-electron chi connectivity index (χ0n) is 15.3. The molecule has 3 rings (SSSR count). The lowest BCUT2D eigenvalue weighted by atomic mass is 10.1. The normalized spacial score (nSPS) is 17.5. The number of amidine groups is 1. The minimum atomic E-state index is -1.31. The molecule has 9 heteroatoms. The lowest BCUT2D eigenvalue weighted by Crippen LogP contribution is -2.31. The number of ether oxygens (including phenoxy) is 1. The number of nitrogens with one attached hydrogen (secondary N) is 1. The first-order valence-electron chi connectivity index (χ1n) is 8.58. The number of rotatable bonds is 6. The van der Waals surface area contributed by atoms with E-state index in [4.69, 9.17) is 4.74 Å². The van der Waals surface area contributed by atoms with Gasteiger partial charge in [0.05, 0.1) is 17.0 Å². The Morgan fingerprint density at radius 2 is 2.00 bits per heavy atom. The molecule has 0 saturated carbocycles. The molecular formula is C20H16N3O5S-. The van der Waals surface area contributed by atoms with E-state index < -0.39 is 29.5 Å². The number of carbonyl (C=O) groups is 3. The van der Waals surface area contributed by atoms with Crippen molar-refractivity contribution in [2.45, 2.75) is 18.6 Å². The van der Waals surface area contributed by atoms with E-state index in [0.717, 1.165) is 17.3 Å². The summed E-state index contributed by atoms with van der Waals surface area (Å²) in [4.78, 5) is 34.4. The number of esters is 1. The van der Waals surface area contributed by atoms with Crippen molar-refractivity contribution in [2.24, 2.45) is 10.2 Å². The fourth-order valence-corrected chi connectivity index (χ4v) is 3.31. The number of carboxylic acid groups (broad SMARTS) is 1. The first kappa shape index (κ1) is 20.3. The van der Waals surface area contributed by atoms with E-state index in [0.29, 0.717) is 16.9 Å². The van der Waals surface area contributed by atoms with Crippen molar-refractivity contribution in [1.82, 2.24) is 5.32 Å². The van der Waals surface area contributed by atoms with Crippen molar-refractivity contribution < 1.29 is 24.2 Å². The van der Waals surface area contributed by atoms with Gasteiger partial charge in [-0.15, -0.1) is 5.10 Å². The van der Waals surface area contributed by atoms with Gasteiger partial charge in [0.1, 0.15) is 5.75 Å². The number of thioether (sulfide) groups is 1. The smallest absolute Gasteiger partial charge is 0.343 e. The molecule has 1 saturated heterocycles. The predicted molar refractivity (Wildman–Crippen MR) is 107 cm³/mol. The van der Waals surface area contributed by atoms with Crippen LogP contribution in [-0.4, -0.2) is 34.5 Å². The number of hydrogen-bond donors (Lipinski definition) is 1. The number of carbonyl (C=O) groups excluding carboxylic acids is 3. The highest BCUT2D eigenvalue weighted by Gasteiger charge is 2.30. The summed E-state index contributed by atoms with van der Waals surface area (Å²) in [6.07, 6.45) is 1.03. The van der Waals surface area contributed by atoms with Crippen molar-refractivity contribution in [3.63, 3.8) is 0 Å². The van der Waals surface area contributed by atoms with E-state index in [9.17, 15) is 19.5 Å². The Kier molecular flexibility index (Phi) is 6.40. The molecule has 1 aliphatic heterocycles. The van der Waals surface area contributed by atoms with Crippen LogP contribution in [0.5, 0.6) is 5.75 Å². The number of hydrogen-bond acceptors (Lipinski definition) is 8. The summed E-state index contributed by atoms with van der Waals surface area (Å²) in [6, 6.07) is 13.8. The molecule has 0 aromatic heterocycles. The predicted octanol–water partition coefficient (Wildman–Crippen LogP) is 1.28. The van der Waals surface area contributed by atoms with E-state index in [1.54, 1.807) is 36.4 Å². The number of benzene rings is 2. The van der Waals surface area contributed by atoms with Gasteiger partial charge in [0, 0.05) is 12.4 Å². The highest BCUT2D eigenvalue weighted by atomic mass is 32.2. The van der Waals surface area contributed by atoms with E-state index >= 15 is 0 Å². The number of aliphatic carboxylic acids is 1. The molecule has 0 spiro atoms. The minimum absolute atomic E-state index is 0.208. The van der Waals surface area contributed by atoms with Gasteiger partial charge < -0.3 is 20.0 Å². The second-order valence-electron chi connectivity index (χ2n) is 6.15. The number of carboxylic acids is 1. The summed E-state index contributed by atoms with van der Waals surface area (Å²) in [7, 11) is 0. The van der Waals surface area contributed by atoms with Crippen molar-refractivity contribution in [2.75, 3.05) is 0 Å². The zero-order valence-corrected chi connectivity index (χ0v) is 16.1. The Labute approximate surface area is 170 Å². The van der Waals surface area contributed by atoms with Crippen LogP contribution in [0.15, 0.2) is 58.7 Å². The maximum atomic E-state index is 12.2. The molecule has 29 heavy (non-hydrogen) atoms. The summed E-state index contributed by atoms with van der Waals surface area (Å²) < 4.78 is 5.37. The fourth-order valence-electron chi connectivity index (χ4n) is 2.40. The Bertz CT molecular complexity index is 1000. The molecule has 1 amide bonds. The van der Waals surface area contributed by atoms with E-state index in [1.165, 1.54) is 6.21 Å². The number of nitrogens with zero attached hydrogens (tertiary/aromatic N) is 2. The van der Waals surface area contributed by atoms with Gasteiger partial charge in [-0.25, -0.2) is 4.79 Å². The highest BCUT2D eigenvalue weighted by molar-refractivity contribution is 8.15. The molecule has 1 N–H and O–H groups in total. The third kappa shape index (κ3) is 5.76. The fraction of sp³-hybridized carbons (Fsp3) is 0.150. The standard InChI is InChI=1S/C20H17N3O5S/c1-12-5-7-14(8-6-12)19(27)28-15-4-2-3-13(9-15)11-21-23-20-22-18(26)16(29-20)10-17(24)25/h2-9,11,16H,10H2,1H3,(H,24,25)(H,22,23,26)/p-1/b21-11-/t16-/m0/s1. The summed E-state index contributed by atoms with van der Waals surface area (Å²) in [6.45, 7) is 1.93. The van der Waals surface area contributed by atoms with Gasteiger partial charge in [0.2, 0.25) is 5.91 Å². The molecule has 0 radical (unpaired) electrons. The number of amides is 1. The summed E-state index contributed by atoms with van der Waals surface area (Å²) >= 11 is 0.978. The molecular weight excluding hydrogens is 394 g/mol. The Balaban J connectivity index is 1.62. The highest BCUT2D eigenvalue weighted by Crippen LogP contribution is 2.22. The summed E-state index contributed by atoms with van der Waals surface area (Å²) in [5, 5.41) is 20.2. The summed E-state index contributed by atoms with van der Waals surface area (Å²) in [5.41, 5.74) is 2.12. The van der Waals surface area contributed by atoms with Crippen LogP contribution >= 0.6 is 11.8 Å². The maximum absolute atomic E-state index is 12.2. The molecule has 2 aromatic rings. The molecule has 0 unspecified atom stereocenters. The van der Waals surface area contributed by atoms with Crippen LogP contribution in [0.3, 0.4) is 0 Å². The van der Waals surface area contributed by atoms with Crippen LogP contribution in [-0.2, 0) is 9.59 Å². The zero-order chi connectivity index (χ0) is 20.8. The first-order valence-corrected chi connectivity index (χ1v) is 9.46. The maximum Gasteiger partial charge on any atom is 0.343 e. The van der Waals surface area contributed by atoms with Gasteiger partial charge in [0.25, 0.3) is 0 Å². The average Bonchev–Trinajstić information content (AvgIpc) is 3.01. The molecule has 148 valence electrons. The van der Waals surface area contributed by atoms with E-state index in [-0.39, 0.29) is 5.17 Å². The SMILES string of the molecule is Cc1ccc(C(=O)Oc2cccc(/C=N\N=C3\NC(=O)[C@H](CC(=O)[O-])S3)c2)cc1. The quantitative estimate of drug-likeness (QED) is 0.331. The summed E-state index contributed by atoms with van der Waals surface area (Å²) in [5.74, 6) is -1.87. The second kappa shape index (κ2) is 9.16. The molecule has 8 nitrogen and oxygen atoms in total. The largest absolute Gasteiger partial charge is 0.550 e. The van der Waals surface area contributed by atoms with Crippen LogP contribution in [0.4, 0.5) is 0 Å². The van der Waals surface area contributed by atoms with Crippen molar-refractivity contribution in [3.8, 4) is 5.75 Å². The molecule has 0 aliphatic carbocycles. The van der Waals surface area contributed by atoms with Crippen LogP contribution in [0.2, 0.25) is 0 Å². The van der Waals surface area contributed by atoms with Gasteiger partial charge in [-0.3, -0.25) is 4.79 Å². The lowest BCUT2D eigenvalue weighted by molar-refractivity contribution is -0.305. The van der Waals surface area contributed by atoms with Gasteiger partial charge in [-0.05, 0) is 36.8 Å². The van der Waals surface area contributed by atoms with E-state index in [2.05, 4.69) is 15.5 Å². The van der Waals surface area contributed by atoms with E-state index in [1.807, 2.05) is 19.1 Å². The Hall–Kier alpha value is -3.46. The van der Waals surface area contributed by atoms with Crippen LogP contribution in [0, 0.1) is 6.92 Å². The number of aryl methyl sites for hydroxylation is 1.